The molecule has 0 bridgehead atoms. The van der Waals surface area contributed by atoms with Crippen molar-refractivity contribution in [1.82, 2.24) is 4.90 Å². The Labute approximate surface area is 119 Å². The summed E-state index contributed by atoms with van der Waals surface area (Å²) in [5.41, 5.74) is 3.64. The van der Waals surface area contributed by atoms with Gasteiger partial charge < -0.3 is 0 Å². The lowest BCUT2D eigenvalue weighted by atomic mass is 9.72. The monoisotopic (exact) mass is 259 g/mol. The number of hydrogen-bond donors (Lipinski definition) is 0. The normalized spacial score (nSPS) is 21.3. The molecule has 1 aromatic carbocycles. The standard InChI is InChI=1S/C18H29N/c1-7-18(5,6)16-15-11-9-8-10-14(15)12-13-19(16)17(2,3)4/h8-11,16H,7,12-13H2,1-6H3. The predicted molar refractivity (Wildman–Crippen MR) is 83.4 cm³/mol. The molecule has 1 nitrogen and oxygen atoms in total. The van der Waals surface area contributed by atoms with Crippen LogP contribution < -0.4 is 0 Å². The van der Waals surface area contributed by atoms with Gasteiger partial charge in [0.25, 0.3) is 0 Å². The fraction of sp³-hybridized carbons (Fsp3) is 0.667. The van der Waals surface area contributed by atoms with Gasteiger partial charge >= 0.3 is 0 Å². The predicted octanol–water partition coefficient (Wildman–Crippen LogP) is 4.82. The van der Waals surface area contributed by atoms with Crippen LogP contribution in [-0.4, -0.2) is 17.0 Å². The Morgan fingerprint density at radius 1 is 1.11 bits per heavy atom. The van der Waals surface area contributed by atoms with Crippen LogP contribution in [0.4, 0.5) is 0 Å². The molecule has 2 rings (SSSR count). The molecule has 0 amide bonds. The summed E-state index contributed by atoms with van der Waals surface area (Å²) in [5.74, 6) is 0. The Hall–Kier alpha value is -0.820. The topological polar surface area (TPSA) is 3.24 Å². The first-order valence-electron chi connectivity index (χ1n) is 7.62. The Balaban J connectivity index is 2.52. The van der Waals surface area contributed by atoms with Gasteiger partial charge in [0.1, 0.15) is 0 Å². The molecule has 1 atom stereocenters. The maximum Gasteiger partial charge on any atom is 0.0407 e. The maximum absolute atomic E-state index is 2.71. The molecule has 0 saturated carbocycles. The van der Waals surface area contributed by atoms with Crippen molar-refractivity contribution in [1.29, 1.82) is 0 Å². The molecule has 1 unspecified atom stereocenters. The summed E-state index contributed by atoms with van der Waals surface area (Å²) in [5, 5.41) is 0. The van der Waals surface area contributed by atoms with Crippen LogP contribution in [0.15, 0.2) is 24.3 Å². The molecule has 1 aliphatic heterocycles. The summed E-state index contributed by atoms with van der Waals surface area (Å²) >= 11 is 0. The molecule has 1 heterocycles. The minimum Gasteiger partial charge on any atom is -0.291 e. The van der Waals surface area contributed by atoms with Gasteiger partial charge in [0.05, 0.1) is 0 Å². The molecule has 0 fully saturated rings. The van der Waals surface area contributed by atoms with Gasteiger partial charge in [-0.1, -0.05) is 45.0 Å². The van der Waals surface area contributed by atoms with Crippen LogP contribution in [0.1, 0.15) is 65.1 Å². The van der Waals surface area contributed by atoms with E-state index in [1.807, 2.05) is 0 Å². The fourth-order valence-corrected chi connectivity index (χ4v) is 3.33. The zero-order valence-electron chi connectivity index (χ0n) is 13.5. The molecule has 0 aliphatic carbocycles. The molecule has 0 radical (unpaired) electrons. The molecule has 1 aliphatic rings. The average molecular weight is 259 g/mol. The van der Waals surface area contributed by atoms with Gasteiger partial charge in [0.2, 0.25) is 0 Å². The molecule has 106 valence electrons. The second-order valence-electron chi connectivity index (χ2n) is 7.56. The highest BCUT2D eigenvalue weighted by Gasteiger charge is 2.41. The fourth-order valence-electron chi connectivity index (χ4n) is 3.33. The van der Waals surface area contributed by atoms with Crippen molar-refractivity contribution >= 4 is 0 Å². The van der Waals surface area contributed by atoms with E-state index in [0.717, 1.165) is 0 Å². The first kappa shape index (κ1) is 14.6. The van der Waals surface area contributed by atoms with Gasteiger partial charge in [-0.3, -0.25) is 4.90 Å². The molecule has 19 heavy (non-hydrogen) atoms. The van der Waals surface area contributed by atoms with Crippen LogP contribution in [0.25, 0.3) is 0 Å². The van der Waals surface area contributed by atoms with E-state index in [4.69, 9.17) is 0 Å². The molecule has 0 saturated heterocycles. The van der Waals surface area contributed by atoms with E-state index in [0.29, 0.717) is 11.5 Å². The average Bonchev–Trinajstić information content (AvgIpc) is 2.36. The molecular weight excluding hydrogens is 230 g/mol. The highest BCUT2D eigenvalue weighted by atomic mass is 15.2. The van der Waals surface area contributed by atoms with Crippen molar-refractivity contribution < 1.29 is 0 Å². The van der Waals surface area contributed by atoms with Crippen LogP contribution in [0.2, 0.25) is 0 Å². The van der Waals surface area contributed by atoms with Crippen molar-refractivity contribution in [3.05, 3.63) is 35.4 Å². The second-order valence-corrected chi connectivity index (χ2v) is 7.56. The lowest BCUT2D eigenvalue weighted by Gasteiger charge is -2.51. The van der Waals surface area contributed by atoms with Crippen LogP contribution >= 0.6 is 0 Å². The van der Waals surface area contributed by atoms with E-state index < -0.39 is 0 Å². The summed E-state index contributed by atoms with van der Waals surface area (Å²) in [4.78, 5) is 2.71. The first-order chi connectivity index (χ1) is 8.77. The third kappa shape index (κ3) is 2.72. The van der Waals surface area contributed by atoms with Crippen molar-refractivity contribution in [2.75, 3.05) is 6.54 Å². The quantitative estimate of drug-likeness (QED) is 0.736. The number of nitrogens with zero attached hydrogens (tertiary/aromatic N) is 1. The SMILES string of the molecule is CCC(C)(C)C1c2ccccc2CCN1C(C)(C)C. The maximum atomic E-state index is 2.71. The van der Waals surface area contributed by atoms with Crippen molar-refractivity contribution in [3.63, 3.8) is 0 Å². The minimum absolute atomic E-state index is 0.227. The van der Waals surface area contributed by atoms with E-state index in [2.05, 4.69) is 70.7 Å². The van der Waals surface area contributed by atoms with E-state index in [1.165, 1.54) is 19.4 Å². The smallest absolute Gasteiger partial charge is 0.0407 e. The van der Waals surface area contributed by atoms with Gasteiger partial charge in [0, 0.05) is 18.1 Å². The van der Waals surface area contributed by atoms with Crippen molar-refractivity contribution in [3.8, 4) is 0 Å². The molecule has 1 aromatic rings. The minimum atomic E-state index is 0.227. The van der Waals surface area contributed by atoms with Gasteiger partial charge in [0.15, 0.2) is 0 Å². The summed E-state index contributed by atoms with van der Waals surface area (Å²) in [7, 11) is 0. The van der Waals surface area contributed by atoms with Crippen LogP contribution in [0, 0.1) is 5.41 Å². The van der Waals surface area contributed by atoms with E-state index >= 15 is 0 Å². The third-order valence-electron chi connectivity index (χ3n) is 4.80. The summed E-state index contributed by atoms with van der Waals surface area (Å²) in [6, 6.07) is 9.57. The largest absolute Gasteiger partial charge is 0.291 e. The number of benzene rings is 1. The Bertz CT molecular complexity index is 439. The van der Waals surface area contributed by atoms with E-state index in [9.17, 15) is 0 Å². The summed E-state index contributed by atoms with van der Waals surface area (Å²) < 4.78 is 0. The Morgan fingerprint density at radius 2 is 1.74 bits per heavy atom. The molecule has 1 heteroatoms. The molecular formula is C18H29N. The lowest BCUT2D eigenvalue weighted by molar-refractivity contribution is 0.00394. The lowest BCUT2D eigenvalue weighted by Crippen LogP contribution is -2.51. The van der Waals surface area contributed by atoms with E-state index in [1.54, 1.807) is 11.1 Å². The van der Waals surface area contributed by atoms with Gasteiger partial charge in [-0.05, 0) is 50.2 Å². The van der Waals surface area contributed by atoms with Crippen LogP contribution in [0.3, 0.4) is 0 Å². The highest BCUT2D eigenvalue weighted by molar-refractivity contribution is 5.34. The van der Waals surface area contributed by atoms with Crippen molar-refractivity contribution in [2.45, 2.75) is 66.0 Å². The Morgan fingerprint density at radius 3 is 2.32 bits per heavy atom. The van der Waals surface area contributed by atoms with Gasteiger partial charge in [-0.2, -0.15) is 0 Å². The molecule has 0 N–H and O–H groups in total. The Kier molecular flexibility index (Phi) is 3.79. The number of fused-ring (bicyclic) bond motifs is 1. The van der Waals surface area contributed by atoms with Gasteiger partial charge in [-0.15, -0.1) is 0 Å². The van der Waals surface area contributed by atoms with Crippen LogP contribution in [-0.2, 0) is 6.42 Å². The number of hydrogen-bond acceptors (Lipinski definition) is 1. The van der Waals surface area contributed by atoms with Gasteiger partial charge in [-0.25, -0.2) is 0 Å². The van der Waals surface area contributed by atoms with Crippen molar-refractivity contribution in [2.24, 2.45) is 5.41 Å². The number of rotatable bonds is 2. The van der Waals surface area contributed by atoms with E-state index in [-0.39, 0.29) is 5.54 Å². The second kappa shape index (κ2) is 4.94. The zero-order valence-corrected chi connectivity index (χ0v) is 13.5. The highest BCUT2D eigenvalue weighted by Crippen LogP contribution is 2.46. The third-order valence-corrected chi connectivity index (χ3v) is 4.80. The zero-order chi connectivity index (χ0) is 14.3. The summed E-state index contributed by atoms with van der Waals surface area (Å²) in [6.07, 6.45) is 2.39. The summed E-state index contributed by atoms with van der Waals surface area (Å²) in [6.45, 7) is 15.4. The van der Waals surface area contributed by atoms with Crippen LogP contribution in [0.5, 0.6) is 0 Å². The first-order valence-corrected chi connectivity index (χ1v) is 7.62. The molecule has 0 spiro atoms. The molecule has 0 aromatic heterocycles.